The van der Waals surface area contributed by atoms with E-state index in [0.29, 0.717) is 33.2 Å². The van der Waals surface area contributed by atoms with Gasteiger partial charge in [-0.1, -0.05) is 54.4 Å². The van der Waals surface area contributed by atoms with Crippen LogP contribution in [0.5, 0.6) is 0 Å². The molecular weight excluding hydrogens is 539 g/mol. The number of halogens is 2. The number of nitrogens with one attached hydrogen (secondary N) is 2. The molecule has 0 saturated carbocycles. The molecule has 2 N–H and O–H groups in total. The van der Waals surface area contributed by atoms with E-state index in [4.69, 9.17) is 39.8 Å². The highest BCUT2D eigenvalue weighted by Gasteiger charge is 2.41. The van der Waals surface area contributed by atoms with Gasteiger partial charge < -0.3 is 20.0 Å². The van der Waals surface area contributed by atoms with Crippen molar-refractivity contribution in [2.45, 2.75) is 31.8 Å². The Kier molecular flexibility index (Phi) is 7.98. The zero-order valence-electron chi connectivity index (χ0n) is 20.7. The van der Waals surface area contributed by atoms with E-state index >= 15 is 0 Å². The Hall–Kier alpha value is -3.39. The lowest BCUT2D eigenvalue weighted by molar-refractivity contribution is -0.116. The number of hydrogen-bond acceptors (Lipinski definition) is 4. The zero-order chi connectivity index (χ0) is 26.6. The number of hydrogen-bond donors (Lipinski definition) is 2. The van der Waals surface area contributed by atoms with Crippen LogP contribution in [0.1, 0.15) is 42.4 Å². The predicted octanol–water partition coefficient (Wildman–Crippen LogP) is 7.21. The van der Waals surface area contributed by atoms with Crippen LogP contribution in [0.4, 0.5) is 5.69 Å². The minimum absolute atomic E-state index is 0.0790. The number of aryl methyl sites for hydroxylation is 1. The Bertz CT molecular complexity index is 1460. The van der Waals surface area contributed by atoms with Crippen LogP contribution in [-0.2, 0) is 11.2 Å². The van der Waals surface area contributed by atoms with E-state index in [1.165, 1.54) is 0 Å². The standard InChI is InChI=1S/C29H26Cl2N4O2S/c1-2-18-7-3-4-8-22(18)33-26(36)14-16-35-28(27(34-29(35)38)23-9-5-6-15-32-23)25-13-12-24(37-25)19-10-11-20(30)21(31)17-19/h3-13,15,17,27-28H,2,14,16H2,1H3,(H,33,36)(H,34,38)/t27-,28-/m1/s1. The van der Waals surface area contributed by atoms with Crippen LogP contribution in [-0.4, -0.2) is 27.4 Å². The predicted molar refractivity (Wildman–Crippen MR) is 155 cm³/mol. The van der Waals surface area contributed by atoms with Gasteiger partial charge in [0.2, 0.25) is 5.91 Å². The lowest BCUT2D eigenvalue weighted by atomic mass is 10.0. The maximum Gasteiger partial charge on any atom is 0.226 e. The molecule has 0 radical (unpaired) electrons. The van der Waals surface area contributed by atoms with Gasteiger partial charge in [0, 0.05) is 30.4 Å². The summed E-state index contributed by atoms with van der Waals surface area (Å²) < 4.78 is 6.34. The zero-order valence-corrected chi connectivity index (χ0v) is 23.0. The summed E-state index contributed by atoms with van der Waals surface area (Å²) >= 11 is 18.1. The second kappa shape index (κ2) is 11.6. The van der Waals surface area contributed by atoms with E-state index in [0.717, 1.165) is 28.9 Å². The molecule has 6 nitrogen and oxygen atoms in total. The summed E-state index contributed by atoms with van der Waals surface area (Å²) in [6.45, 7) is 2.47. The van der Waals surface area contributed by atoms with Crippen LogP contribution >= 0.6 is 35.4 Å². The Morgan fingerprint density at radius 3 is 2.66 bits per heavy atom. The van der Waals surface area contributed by atoms with E-state index in [2.05, 4.69) is 22.5 Å². The summed E-state index contributed by atoms with van der Waals surface area (Å²) in [4.78, 5) is 19.5. The molecule has 38 heavy (non-hydrogen) atoms. The fourth-order valence-electron chi connectivity index (χ4n) is 4.66. The van der Waals surface area contributed by atoms with E-state index in [1.807, 2.05) is 65.6 Å². The smallest absolute Gasteiger partial charge is 0.226 e. The van der Waals surface area contributed by atoms with Gasteiger partial charge in [-0.05, 0) is 72.7 Å². The van der Waals surface area contributed by atoms with Crippen LogP contribution in [0.15, 0.2) is 83.4 Å². The van der Waals surface area contributed by atoms with Crippen molar-refractivity contribution in [3.8, 4) is 11.3 Å². The second-order valence-electron chi connectivity index (χ2n) is 8.96. The quantitative estimate of drug-likeness (QED) is 0.220. The lowest BCUT2D eigenvalue weighted by Crippen LogP contribution is -2.32. The van der Waals surface area contributed by atoms with Crippen LogP contribution in [0.25, 0.3) is 11.3 Å². The van der Waals surface area contributed by atoms with Gasteiger partial charge >= 0.3 is 0 Å². The molecule has 0 spiro atoms. The van der Waals surface area contributed by atoms with Crippen molar-refractivity contribution in [1.29, 1.82) is 0 Å². The Balaban J connectivity index is 1.40. The molecule has 9 heteroatoms. The fraction of sp³-hybridized carbons (Fsp3) is 0.207. The van der Waals surface area contributed by atoms with E-state index < -0.39 is 0 Å². The highest BCUT2D eigenvalue weighted by molar-refractivity contribution is 7.80. The minimum Gasteiger partial charge on any atom is -0.459 e. The Labute approximate surface area is 237 Å². The van der Waals surface area contributed by atoms with Crippen molar-refractivity contribution in [3.05, 3.63) is 106 Å². The largest absolute Gasteiger partial charge is 0.459 e. The number of thiocarbonyl (C=S) groups is 1. The first-order valence-corrected chi connectivity index (χ1v) is 13.5. The molecule has 1 fully saturated rings. The normalized spacial score (nSPS) is 16.9. The molecule has 1 amide bonds. The van der Waals surface area contributed by atoms with Gasteiger partial charge in [-0.2, -0.15) is 0 Å². The highest BCUT2D eigenvalue weighted by atomic mass is 35.5. The molecule has 5 rings (SSSR count). The molecule has 194 valence electrons. The van der Waals surface area contributed by atoms with Crippen molar-refractivity contribution in [3.63, 3.8) is 0 Å². The van der Waals surface area contributed by atoms with Crippen molar-refractivity contribution in [2.24, 2.45) is 0 Å². The maximum absolute atomic E-state index is 12.9. The third kappa shape index (κ3) is 5.55. The van der Waals surface area contributed by atoms with Gasteiger partial charge in [0.05, 0.1) is 21.8 Å². The molecule has 2 atom stereocenters. The van der Waals surface area contributed by atoms with E-state index in [9.17, 15) is 4.79 Å². The average Bonchev–Trinajstić information content (AvgIpc) is 3.54. The first-order valence-electron chi connectivity index (χ1n) is 12.4. The number of benzene rings is 2. The molecule has 1 aliphatic heterocycles. The molecule has 3 heterocycles. The van der Waals surface area contributed by atoms with E-state index in [-0.39, 0.29) is 24.4 Å². The van der Waals surface area contributed by atoms with Gasteiger partial charge in [0.15, 0.2) is 5.11 Å². The summed E-state index contributed by atoms with van der Waals surface area (Å²) in [6, 6.07) is 22.3. The van der Waals surface area contributed by atoms with Crippen LogP contribution in [0.2, 0.25) is 10.0 Å². The molecule has 1 aliphatic rings. The summed E-state index contributed by atoms with van der Waals surface area (Å²) in [5.74, 6) is 1.28. The fourth-order valence-corrected chi connectivity index (χ4v) is 5.29. The van der Waals surface area contributed by atoms with Crippen molar-refractivity contribution < 1.29 is 9.21 Å². The molecule has 2 aromatic carbocycles. The third-order valence-electron chi connectivity index (χ3n) is 6.57. The number of rotatable bonds is 8. The molecule has 4 aromatic rings. The molecule has 0 aliphatic carbocycles. The number of carbonyl (C=O) groups excluding carboxylic acids is 1. The van der Waals surface area contributed by atoms with Crippen molar-refractivity contribution in [1.82, 2.24) is 15.2 Å². The molecule has 1 saturated heterocycles. The molecule has 0 bridgehead atoms. The minimum atomic E-state index is -0.301. The number of nitrogens with zero attached hydrogens (tertiary/aromatic N) is 2. The number of pyridine rings is 1. The maximum atomic E-state index is 12.9. The number of para-hydroxylation sites is 1. The van der Waals surface area contributed by atoms with Gasteiger partial charge in [0.25, 0.3) is 0 Å². The van der Waals surface area contributed by atoms with Crippen molar-refractivity contribution in [2.75, 3.05) is 11.9 Å². The van der Waals surface area contributed by atoms with E-state index in [1.54, 1.807) is 18.3 Å². The first-order chi connectivity index (χ1) is 18.4. The monoisotopic (exact) mass is 564 g/mol. The molecular formula is C29H26Cl2N4O2S. The van der Waals surface area contributed by atoms with Crippen LogP contribution < -0.4 is 10.6 Å². The summed E-state index contributed by atoms with van der Waals surface area (Å²) in [5.41, 5.74) is 3.57. The number of carbonyl (C=O) groups is 1. The second-order valence-corrected chi connectivity index (χ2v) is 10.2. The number of furan rings is 1. The molecule has 0 unspecified atom stereocenters. The Morgan fingerprint density at radius 1 is 1.08 bits per heavy atom. The van der Waals surface area contributed by atoms with Gasteiger partial charge in [0.1, 0.15) is 17.6 Å². The van der Waals surface area contributed by atoms with Gasteiger partial charge in [-0.25, -0.2) is 0 Å². The van der Waals surface area contributed by atoms with Gasteiger partial charge in [-0.15, -0.1) is 0 Å². The van der Waals surface area contributed by atoms with Crippen LogP contribution in [0, 0.1) is 0 Å². The number of amides is 1. The summed E-state index contributed by atoms with van der Waals surface area (Å²) in [7, 11) is 0. The Morgan fingerprint density at radius 2 is 1.89 bits per heavy atom. The lowest BCUT2D eigenvalue weighted by Gasteiger charge is -2.26. The third-order valence-corrected chi connectivity index (χ3v) is 7.66. The number of aromatic nitrogens is 1. The van der Waals surface area contributed by atoms with Gasteiger partial charge in [-0.3, -0.25) is 9.78 Å². The van der Waals surface area contributed by atoms with Crippen LogP contribution in [0.3, 0.4) is 0 Å². The summed E-state index contributed by atoms with van der Waals surface area (Å²) in [5, 5.41) is 7.91. The van der Waals surface area contributed by atoms with Crippen molar-refractivity contribution >= 4 is 52.1 Å². The first kappa shape index (κ1) is 26.2. The summed E-state index contributed by atoms with van der Waals surface area (Å²) in [6.07, 6.45) is 2.84. The topological polar surface area (TPSA) is 70.4 Å². The number of anilines is 1. The SMILES string of the molecule is CCc1ccccc1NC(=O)CCN1C(=S)N[C@H](c2ccccn2)[C@H]1c1ccc(-c2ccc(Cl)c(Cl)c2)o1. The molecule has 2 aromatic heterocycles. The highest BCUT2D eigenvalue weighted by Crippen LogP contribution is 2.41. The average molecular weight is 566 g/mol.